The maximum atomic E-state index is 12.0. The molecule has 0 aromatic heterocycles. The first-order valence-electron chi connectivity index (χ1n) is 6.08. The van der Waals surface area contributed by atoms with Gasteiger partial charge in [-0.2, -0.15) is 0 Å². The highest BCUT2D eigenvalue weighted by Gasteiger charge is 2.42. The first-order chi connectivity index (χ1) is 7.92. The minimum Gasteiger partial charge on any atom is -0.444 e. The molecule has 1 amide bonds. The molecule has 92 valence electrons. The topological polar surface area (TPSA) is 29.5 Å². The maximum Gasteiger partial charge on any atom is 0.410 e. The van der Waals surface area contributed by atoms with E-state index in [1.807, 2.05) is 25.7 Å². The lowest BCUT2D eigenvalue weighted by Crippen LogP contribution is -2.40. The minimum absolute atomic E-state index is 0.211. The molecule has 0 aromatic rings. The van der Waals surface area contributed by atoms with E-state index in [9.17, 15) is 4.79 Å². The predicted molar refractivity (Wildman–Crippen MR) is 66.4 cm³/mol. The van der Waals surface area contributed by atoms with Gasteiger partial charge in [0.25, 0.3) is 0 Å². The molecule has 1 heterocycles. The van der Waals surface area contributed by atoms with Gasteiger partial charge in [-0.15, -0.1) is 6.42 Å². The number of rotatable bonds is 0. The number of terminal acetylenes is 1. The van der Waals surface area contributed by atoms with Gasteiger partial charge >= 0.3 is 6.09 Å². The fourth-order valence-corrected chi connectivity index (χ4v) is 2.62. The van der Waals surface area contributed by atoms with Crippen molar-refractivity contribution >= 4 is 6.09 Å². The van der Waals surface area contributed by atoms with E-state index in [0.29, 0.717) is 5.92 Å². The van der Waals surface area contributed by atoms with E-state index in [-0.39, 0.29) is 12.1 Å². The Morgan fingerprint density at radius 2 is 2.29 bits per heavy atom. The molecule has 17 heavy (non-hydrogen) atoms. The second-order valence-corrected chi connectivity index (χ2v) is 5.68. The van der Waals surface area contributed by atoms with Crippen LogP contribution in [-0.4, -0.2) is 29.2 Å². The Morgan fingerprint density at radius 1 is 1.59 bits per heavy atom. The lowest BCUT2D eigenvalue weighted by Gasteiger charge is -2.28. The molecule has 2 rings (SSSR count). The Bertz CT molecular complexity index is 397. The molecule has 1 saturated heterocycles. The fourth-order valence-electron chi connectivity index (χ4n) is 2.62. The number of hydrogen-bond donors (Lipinski definition) is 0. The van der Waals surface area contributed by atoms with Gasteiger partial charge in [0.2, 0.25) is 0 Å². The van der Waals surface area contributed by atoms with Gasteiger partial charge in [0, 0.05) is 24.1 Å². The maximum absolute atomic E-state index is 12.0. The summed E-state index contributed by atoms with van der Waals surface area (Å²) >= 11 is 0. The van der Waals surface area contributed by atoms with Gasteiger partial charge in [0.1, 0.15) is 5.60 Å². The van der Waals surface area contributed by atoms with Crippen molar-refractivity contribution in [2.45, 2.75) is 45.3 Å². The molecule has 0 N–H and O–H groups in total. The summed E-state index contributed by atoms with van der Waals surface area (Å²) in [6.45, 7) is 6.41. The zero-order chi connectivity index (χ0) is 12.6. The van der Waals surface area contributed by atoms with Crippen LogP contribution in [0.2, 0.25) is 0 Å². The summed E-state index contributed by atoms with van der Waals surface area (Å²) in [6.07, 6.45) is 9.15. The summed E-state index contributed by atoms with van der Waals surface area (Å²) in [5.41, 5.74) is 0.622. The van der Waals surface area contributed by atoms with Crippen molar-refractivity contribution in [3.8, 4) is 12.3 Å². The van der Waals surface area contributed by atoms with Crippen LogP contribution in [-0.2, 0) is 4.74 Å². The van der Waals surface area contributed by atoms with Crippen molar-refractivity contribution in [3.05, 3.63) is 11.6 Å². The Kier molecular flexibility index (Phi) is 2.91. The molecule has 2 unspecified atom stereocenters. The average Bonchev–Trinajstić information content (AvgIpc) is 2.73. The number of carbonyl (C=O) groups excluding carboxylic acids is 1. The molecule has 0 radical (unpaired) electrons. The number of carbonyl (C=O) groups is 1. The predicted octanol–water partition coefficient (Wildman–Crippen LogP) is 2.58. The van der Waals surface area contributed by atoms with Gasteiger partial charge in [-0.1, -0.05) is 12.0 Å². The van der Waals surface area contributed by atoms with Crippen LogP contribution in [0.4, 0.5) is 4.79 Å². The molecule has 1 aliphatic heterocycles. The number of likely N-dealkylation sites (tertiary alicyclic amines) is 1. The summed E-state index contributed by atoms with van der Waals surface area (Å²) in [5.74, 6) is 3.08. The second kappa shape index (κ2) is 4.10. The summed E-state index contributed by atoms with van der Waals surface area (Å²) < 4.78 is 5.41. The van der Waals surface area contributed by atoms with Crippen LogP contribution < -0.4 is 0 Å². The standard InChI is InChI=1S/C14H19NO2/c1-5-10-6-7-12-11(10)8-9-15(12)13(16)17-14(2,3)4/h1,6,11-12H,7-9H2,2-4H3. The van der Waals surface area contributed by atoms with E-state index < -0.39 is 5.60 Å². The zero-order valence-electron chi connectivity index (χ0n) is 10.7. The first kappa shape index (κ1) is 12.0. The third-order valence-corrected chi connectivity index (χ3v) is 3.32. The summed E-state index contributed by atoms with van der Waals surface area (Å²) in [6, 6.07) is 0.218. The van der Waals surface area contributed by atoms with Crippen LogP contribution in [0.3, 0.4) is 0 Å². The van der Waals surface area contributed by atoms with Gasteiger partial charge in [-0.05, 0) is 33.6 Å². The van der Waals surface area contributed by atoms with Crippen LogP contribution in [0.15, 0.2) is 11.6 Å². The van der Waals surface area contributed by atoms with Crippen LogP contribution >= 0.6 is 0 Å². The summed E-state index contributed by atoms with van der Waals surface area (Å²) in [4.78, 5) is 13.9. The quantitative estimate of drug-likeness (QED) is 0.602. The molecule has 2 aliphatic rings. The lowest BCUT2D eigenvalue weighted by atomic mass is 9.98. The van der Waals surface area contributed by atoms with Crippen molar-refractivity contribution in [1.82, 2.24) is 4.90 Å². The van der Waals surface area contributed by atoms with E-state index in [1.165, 1.54) is 0 Å². The highest BCUT2D eigenvalue weighted by molar-refractivity contribution is 5.69. The van der Waals surface area contributed by atoms with E-state index in [4.69, 9.17) is 11.2 Å². The smallest absolute Gasteiger partial charge is 0.410 e. The van der Waals surface area contributed by atoms with E-state index in [2.05, 4.69) is 12.0 Å². The SMILES string of the molecule is C#CC1=CCC2C1CCN2C(=O)OC(C)(C)C. The van der Waals surface area contributed by atoms with E-state index in [0.717, 1.165) is 25.0 Å². The van der Waals surface area contributed by atoms with Crippen LogP contribution in [0.5, 0.6) is 0 Å². The van der Waals surface area contributed by atoms with Gasteiger partial charge in [0.15, 0.2) is 0 Å². The molecule has 1 fully saturated rings. The molecule has 0 saturated carbocycles. The molecule has 1 aliphatic carbocycles. The van der Waals surface area contributed by atoms with Crippen LogP contribution in [0.1, 0.15) is 33.6 Å². The van der Waals surface area contributed by atoms with Gasteiger partial charge in [0.05, 0.1) is 0 Å². The second-order valence-electron chi connectivity index (χ2n) is 5.68. The molecule has 0 spiro atoms. The van der Waals surface area contributed by atoms with Crippen LogP contribution in [0.25, 0.3) is 0 Å². The van der Waals surface area contributed by atoms with Crippen molar-refractivity contribution in [3.63, 3.8) is 0 Å². The van der Waals surface area contributed by atoms with Gasteiger partial charge in [-0.3, -0.25) is 0 Å². The Morgan fingerprint density at radius 3 is 2.88 bits per heavy atom. The summed E-state index contributed by atoms with van der Waals surface area (Å²) in [5, 5.41) is 0. The Hall–Kier alpha value is -1.43. The van der Waals surface area contributed by atoms with Crippen molar-refractivity contribution in [1.29, 1.82) is 0 Å². The number of fused-ring (bicyclic) bond motifs is 1. The molecule has 3 nitrogen and oxygen atoms in total. The van der Waals surface area contributed by atoms with Crippen molar-refractivity contribution in [2.75, 3.05) is 6.54 Å². The molecule has 0 aromatic carbocycles. The number of hydrogen-bond acceptors (Lipinski definition) is 2. The fraction of sp³-hybridized carbons (Fsp3) is 0.643. The molecular weight excluding hydrogens is 214 g/mol. The lowest BCUT2D eigenvalue weighted by molar-refractivity contribution is 0.0222. The third kappa shape index (κ3) is 2.31. The van der Waals surface area contributed by atoms with Gasteiger partial charge < -0.3 is 9.64 Å². The Balaban J connectivity index is 2.03. The number of amides is 1. The highest BCUT2D eigenvalue weighted by atomic mass is 16.6. The Labute approximate surface area is 103 Å². The van der Waals surface area contributed by atoms with E-state index >= 15 is 0 Å². The van der Waals surface area contributed by atoms with E-state index in [1.54, 1.807) is 0 Å². The molecule has 0 bridgehead atoms. The number of ether oxygens (including phenoxy) is 1. The monoisotopic (exact) mass is 233 g/mol. The number of nitrogens with zero attached hydrogens (tertiary/aromatic N) is 1. The first-order valence-corrected chi connectivity index (χ1v) is 6.08. The summed E-state index contributed by atoms with van der Waals surface area (Å²) in [7, 11) is 0. The largest absolute Gasteiger partial charge is 0.444 e. The van der Waals surface area contributed by atoms with Crippen molar-refractivity contribution in [2.24, 2.45) is 5.92 Å². The normalized spacial score (nSPS) is 27.4. The highest BCUT2D eigenvalue weighted by Crippen LogP contribution is 2.38. The molecule has 2 atom stereocenters. The van der Waals surface area contributed by atoms with Crippen LogP contribution in [0, 0.1) is 18.3 Å². The van der Waals surface area contributed by atoms with Crippen molar-refractivity contribution < 1.29 is 9.53 Å². The zero-order valence-corrected chi connectivity index (χ0v) is 10.7. The third-order valence-electron chi connectivity index (χ3n) is 3.32. The minimum atomic E-state index is -0.434. The average molecular weight is 233 g/mol. The van der Waals surface area contributed by atoms with Gasteiger partial charge in [-0.25, -0.2) is 4.79 Å². The molecular formula is C14H19NO2. The molecule has 3 heteroatoms.